The van der Waals surface area contributed by atoms with Gasteiger partial charge in [-0.3, -0.25) is 4.99 Å². The van der Waals surface area contributed by atoms with Gasteiger partial charge in [-0.1, -0.05) is 18.2 Å². The first kappa shape index (κ1) is 18.7. The number of benzene rings is 1. The Hall–Kier alpha value is -1.61. The highest BCUT2D eigenvalue weighted by Gasteiger charge is 2.07. The number of aliphatic imine (C=N–C) groups is 1. The largest absolute Gasteiger partial charge is 0.356 e. The quantitative estimate of drug-likeness (QED) is 0.353. The van der Waals surface area contributed by atoms with Crippen LogP contribution in [0.5, 0.6) is 0 Å². The number of para-hydroxylation sites is 2. The van der Waals surface area contributed by atoms with E-state index in [4.69, 9.17) is 0 Å². The molecule has 24 heavy (non-hydrogen) atoms. The summed E-state index contributed by atoms with van der Waals surface area (Å²) < 4.78 is 2.11. The van der Waals surface area contributed by atoms with E-state index in [0.717, 1.165) is 35.8 Å². The lowest BCUT2D eigenvalue weighted by molar-refractivity contribution is 0.735. The van der Waals surface area contributed by atoms with Crippen LogP contribution in [0.25, 0.3) is 11.0 Å². The third-order valence-corrected chi connectivity index (χ3v) is 4.70. The van der Waals surface area contributed by atoms with Gasteiger partial charge < -0.3 is 15.2 Å². The summed E-state index contributed by atoms with van der Waals surface area (Å²) >= 11 is 1.78. The molecule has 2 N–H and O–H groups in total. The number of guanidine groups is 1. The zero-order valence-corrected chi connectivity index (χ0v) is 17.0. The molecule has 0 amide bonds. The Balaban J connectivity index is 0.00000208. The lowest BCUT2D eigenvalue weighted by Gasteiger charge is -2.11. The number of aryl methyl sites for hydroxylation is 1. The average Bonchev–Trinajstić information content (AvgIpc) is 3.19. The van der Waals surface area contributed by atoms with E-state index in [2.05, 4.69) is 48.8 Å². The Kier molecular flexibility index (Phi) is 7.04. The molecule has 0 aliphatic heterocycles. The zero-order chi connectivity index (χ0) is 16.1. The van der Waals surface area contributed by atoms with Crippen molar-refractivity contribution in [2.75, 3.05) is 13.6 Å². The number of aromatic nitrogens is 2. The summed E-state index contributed by atoms with van der Waals surface area (Å²) in [5.41, 5.74) is 2.16. The maximum Gasteiger partial charge on any atom is 0.191 e. The molecule has 2 heterocycles. The van der Waals surface area contributed by atoms with E-state index in [1.54, 1.807) is 18.4 Å². The summed E-state index contributed by atoms with van der Waals surface area (Å²) in [6, 6.07) is 12.4. The number of thiophene rings is 1. The summed E-state index contributed by atoms with van der Waals surface area (Å²) in [5, 5.41) is 8.77. The number of rotatable bonds is 5. The maximum absolute atomic E-state index is 4.66. The highest BCUT2D eigenvalue weighted by Crippen LogP contribution is 2.13. The van der Waals surface area contributed by atoms with Crippen molar-refractivity contribution >= 4 is 52.3 Å². The van der Waals surface area contributed by atoms with Gasteiger partial charge in [-0.05, 0) is 30.0 Å². The molecule has 5 nitrogen and oxygen atoms in total. The van der Waals surface area contributed by atoms with E-state index in [1.165, 1.54) is 4.88 Å². The highest BCUT2D eigenvalue weighted by atomic mass is 127. The molecule has 7 heteroatoms. The smallest absolute Gasteiger partial charge is 0.191 e. The van der Waals surface area contributed by atoms with Crippen LogP contribution in [-0.4, -0.2) is 29.1 Å². The molecule has 0 fully saturated rings. The van der Waals surface area contributed by atoms with Crippen LogP contribution in [0.1, 0.15) is 10.7 Å². The number of nitrogens with zero attached hydrogens (tertiary/aromatic N) is 3. The van der Waals surface area contributed by atoms with Crippen LogP contribution in [0.3, 0.4) is 0 Å². The van der Waals surface area contributed by atoms with E-state index in [-0.39, 0.29) is 24.0 Å². The first-order valence-electron chi connectivity index (χ1n) is 7.65. The Labute approximate surface area is 163 Å². The Bertz CT molecular complexity index is 795. The van der Waals surface area contributed by atoms with E-state index in [1.807, 2.05) is 25.2 Å². The number of imidazole rings is 1. The molecule has 0 unspecified atom stereocenters. The van der Waals surface area contributed by atoms with Gasteiger partial charge in [0.2, 0.25) is 0 Å². The van der Waals surface area contributed by atoms with E-state index in [9.17, 15) is 0 Å². The molecule has 1 aromatic carbocycles. The third kappa shape index (κ3) is 4.47. The predicted octanol–water partition coefficient (Wildman–Crippen LogP) is 3.16. The van der Waals surface area contributed by atoms with Gasteiger partial charge in [0.05, 0.1) is 17.6 Å². The molecule has 0 aliphatic carbocycles. The molecular formula is C17H22IN5S. The van der Waals surface area contributed by atoms with Crippen molar-refractivity contribution in [1.82, 2.24) is 20.2 Å². The topological polar surface area (TPSA) is 54.2 Å². The number of nitrogens with one attached hydrogen (secondary N) is 2. The van der Waals surface area contributed by atoms with Crippen molar-refractivity contribution < 1.29 is 0 Å². The van der Waals surface area contributed by atoms with E-state index >= 15 is 0 Å². The Morgan fingerprint density at radius 3 is 2.75 bits per heavy atom. The molecule has 128 valence electrons. The first-order valence-corrected chi connectivity index (χ1v) is 8.53. The fourth-order valence-electron chi connectivity index (χ4n) is 2.50. The molecule has 0 atom stereocenters. The van der Waals surface area contributed by atoms with E-state index in [0.29, 0.717) is 6.54 Å². The molecule has 3 aromatic rings. The Morgan fingerprint density at radius 2 is 2.04 bits per heavy atom. The molecule has 0 aliphatic rings. The van der Waals surface area contributed by atoms with Crippen LogP contribution >= 0.6 is 35.3 Å². The fourth-order valence-corrected chi connectivity index (χ4v) is 3.20. The van der Waals surface area contributed by atoms with Crippen LogP contribution in [0.2, 0.25) is 0 Å². The van der Waals surface area contributed by atoms with Crippen molar-refractivity contribution in [2.24, 2.45) is 12.0 Å². The van der Waals surface area contributed by atoms with Gasteiger partial charge in [-0.25, -0.2) is 4.98 Å². The number of halogens is 1. The summed E-state index contributed by atoms with van der Waals surface area (Å²) in [6.07, 6.45) is 1.00. The Morgan fingerprint density at radius 1 is 1.21 bits per heavy atom. The summed E-state index contributed by atoms with van der Waals surface area (Å²) in [7, 11) is 3.83. The van der Waals surface area contributed by atoms with Crippen LogP contribution in [-0.2, 0) is 20.0 Å². The SMILES string of the molecule is CN=C(NCCc1cccs1)NCc1nc2ccccc2n1C.I. The number of hydrogen-bond donors (Lipinski definition) is 2. The van der Waals surface area contributed by atoms with Crippen molar-refractivity contribution in [3.05, 3.63) is 52.5 Å². The molecule has 0 saturated heterocycles. The molecule has 0 spiro atoms. The van der Waals surface area contributed by atoms with Crippen molar-refractivity contribution in [1.29, 1.82) is 0 Å². The fraction of sp³-hybridized carbons (Fsp3) is 0.294. The minimum atomic E-state index is 0. The van der Waals surface area contributed by atoms with Gasteiger partial charge in [-0.15, -0.1) is 35.3 Å². The molecule has 3 rings (SSSR count). The van der Waals surface area contributed by atoms with Gasteiger partial charge in [0.1, 0.15) is 5.82 Å². The van der Waals surface area contributed by atoms with Crippen LogP contribution in [0.4, 0.5) is 0 Å². The van der Waals surface area contributed by atoms with Gasteiger partial charge in [0.25, 0.3) is 0 Å². The van der Waals surface area contributed by atoms with Gasteiger partial charge >= 0.3 is 0 Å². The molecule has 0 radical (unpaired) electrons. The minimum Gasteiger partial charge on any atom is -0.356 e. The average molecular weight is 455 g/mol. The maximum atomic E-state index is 4.66. The van der Waals surface area contributed by atoms with Crippen LogP contribution in [0, 0.1) is 0 Å². The predicted molar refractivity (Wildman–Crippen MR) is 112 cm³/mol. The highest BCUT2D eigenvalue weighted by molar-refractivity contribution is 14.0. The second-order valence-electron chi connectivity index (χ2n) is 5.26. The second-order valence-corrected chi connectivity index (χ2v) is 6.29. The minimum absolute atomic E-state index is 0. The molecular weight excluding hydrogens is 433 g/mol. The third-order valence-electron chi connectivity index (χ3n) is 3.76. The van der Waals surface area contributed by atoms with Gasteiger partial charge in [0.15, 0.2) is 5.96 Å². The second kappa shape index (κ2) is 9.03. The van der Waals surface area contributed by atoms with E-state index < -0.39 is 0 Å². The van der Waals surface area contributed by atoms with Crippen molar-refractivity contribution in [2.45, 2.75) is 13.0 Å². The van der Waals surface area contributed by atoms with Crippen LogP contribution < -0.4 is 10.6 Å². The molecule has 0 bridgehead atoms. The standard InChI is InChI=1S/C17H21N5S.HI/c1-18-17(19-10-9-13-6-5-11-23-13)20-12-16-21-14-7-3-4-8-15(14)22(16)2;/h3-8,11H,9-10,12H2,1-2H3,(H2,18,19,20);1H. The summed E-state index contributed by atoms with van der Waals surface area (Å²) in [4.78, 5) is 10.3. The van der Waals surface area contributed by atoms with Crippen molar-refractivity contribution in [3.8, 4) is 0 Å². The van der Waals surface area contributed by atoms with Crippen molar-refractivity contribution in [3.63, 3.8) is 0 Å². The summed E-state index contributed by atoms with van der Waals surface area (Å²) in [6.45, 7) is 1.51. The molecule has 2 aromatic heterocycles. The normalized spacial score (nSPS) is 11.3. The first-order chi connectivity index (χ1) is 11.3. The van der Waals surface area contributed by atoms with Gasteiger partial charge in [-0.2, -0.15) is 0 Å². The lowest BCUT2D eigenvalue weighted by atomic mass is 10.3. The molecule has 0 saturated carbocycles. The number of fused-ring (bicyclic) bond motifs is 1. The zero-order valence-electron chi connectivity index (χ0n) is 13.8. The number of hydrogen-bond acceptors (Lipinski definition) is 3. The van der Waals surface area contributed by atoms with Gasteiger partial charge in [0, 0.05) is 25.5 Å². The summed E-state index contributed by atoms with van der Waals surface area (Å²) in [5.74, 6) is 1.79. The van der Waals surface area contributed by atoms with Crippen LogP contribution in [0.15, 0.2) is 46.8 Å². The monoisotopic (exact) mass is 455 g/mol. The lowest BCUT2D eigenvalue weighted by Crippen LogP contribution is -2.38.